The van der Waals surface area contributed by atoms with E-state index in [1.54, 1.807) is 11.1 Å². The number of benzene rings is 1. The maximum atomic E-state index is 12.6. The van der Waals surface area contributed by atoms with Crippen LogP contribution < -0.4 is 0 Å². The maximum Gasteiger partial charge on any atom is 0.274 e. The third kappa shape index (κ3) is 4.02. The fourth-order valence-corrected chi connectivity index (χ4v) is 3.05. The van der Waals surface area contributed by atoms with Gasteiger partial charge in [0.25, 0.3) is 5.91 Å². The number of rotatable bonds is 3. The topological polar surface area (TPSA) is 66.4 Å². The monoisotopic (exact) mass is 338 g/mol. The minimum Gasteiger partial charge on any atom is -0.339 e. The van der Waals surface area contributed by atoms with E-state index in [1.807, 2.05) is 30.9 Å². The Morgan fingerprint density at radius 3 is 2.40 bits per heavy atom. The number of hydrogen-bond acceptors (Lipinski definition) is 4. The Hall–Kier alpha value is -2.76. The van der Waals surface area contributed by atoms with E-state index in [0.717, 1.165) is 11.1 Å². The van der Waals surface area contributed by atoms with E-state index in [-0.39, 0.29) is 11.8 Å². The number of nitrogens with zero attached hydrogens (tertiary/aromatic N) is 4. The van der Waals surface area contributed by atoms with E-state index in [2.05, 4.69) is 16.0 Å². The number of aryl methyl sites for hydroxylation is 2. The Morgan fingerprint density at radius 1 is 1.04 bits per heavy atom. The summed E-state index contributed by atoms with van der Waals surface area (Å²) in [6.45, 7) is 6.23. The summed E-state index contributed by atoms with van der Waals surface area (Å²) in [5.74, 6) is -0.0202. The first-order chi connectivity index (χ1) is 12.0. The van der Waals surface area contributed by atoms with Crippen molar-refractivity contribution < 1.29 is 9.59 Å². The number of hydrogen-bond donors (Lipinski definition) is 0. The van der Waals surface area contributed by atoms with Gasteiger partial charge in [0.2, 0.25) is 5.91 Å². The Kier molecular flexibility index (Phi) is 5.07. The van der Waals surface area contributed by atoms with Gasteiger partial charge in [0.1, 0.15) is 5.69 Å². The first-order valence-electron chi connectivity index (χ1n) is 8.44. The Labute approximate surface area is 147 Å². The second-order valence-corrected chi connectivity index (χ2v) is 6.37. The van der Waals surface area contributed by atoms with Crippen LogP contribution in [0.25, 0.3) is 0 Å². The fourth-order valence-electron chi connectivity index (χ4n) is 3.05. The van der Waals surface area contributed by atoms with Crippen molar-refractivity contribution >= 4 is 11.8 Å². The normalized spacial score (nSPS) is 14.5. The molecule has 0 bridgehead atoms. The zero-order chi connectivity index (χ0) is 17.8. The molecule has 0 atom stereocenters. The molecular weight excluding hydrogens is 316 g/mol. The van der Waals surface area contributed by atoms with Crippen LogP contribution in [0.3, 0.4) is 0 Å². The average molecular weight is 338 g/mol. The predicted octanol–water partition coefficient (Wildman–Crippen LogP) is 1.62. The van der Waals surface area contributed by atoms with Crippen molar-refractivity contribution in [1.82, 2.24) is 19.8 Å². The van der Waals surface area contributed by atoms with Gasteiger partial charge in [-0.2, -0.15) is 0 Å². The zero-order valence-electron chi connectivity index (χ0n) is 14.6. The van der Waals surface area contributed by atoms with E-state index in [9.17, 15) is 9.59 Å². The van der Waals surface area contributed by atoms with Gasteiger partial charge >= 0.3 is 0 Å². The van der Waals surface area contributed by atoms with E-state index >= 15 is 0 Å². The molecule has 6 heteroatoms. The van der Waals surface area contributed by atoms with Crippen LogP contribution in [0.5, 0.6) is 0 Å². The standard InChI is InChI=1S/C19H22N4O2/c1-14-3-4-16(15(2)11-14)12-18(24)22-7-9-23(10-8-22)19(25)17-13-20-5-6-21-17/h3-6,11,13H,7-10,12H2,1-2H3. The largest absolute Gasteiger partial charge is 0.339 e. The lowest BCUT2D eigenvalue weighted by molar-refractivity contribution is -0.131. The third-order valence-corrected chi connectivity index (χ3v) is 4.54. The molecule has 0 unspecified atom stereocenters. The lowest BCUT2D eigenvalue weighted by atomic mass is 10.0. The smallest absolute Gasteiger partial charge is 0.274 e. The van der Waals surface area contributed by atoms with Crippen molar-refractivity contribution in [2.45, 2.75) is 20.3 Å². The summed E-state index contributed by atoms with van der Waals surface area (Å²) in [6.07, 6.45) is 4.93. The molecule has 1 aromatic carbocycles. The maximum absolute atomic E-state index is 12.6. The van der Waals surface area contributed by atoms with Gasteiger partial charge in [-0.1, -0.05) is 23.8 Å². The molecule has 0 radical (unpaired) electrons. The Bertz CT molecular complexity index is 768. The first kappa shape index (κ1) is 17.1. The quantitative estimate of drug-likeness (QED) is 0.853. The molecule has 0 aliphatic carbocycles. The summed E-state index contributed by atoms with van der Waals surface area (Å²) in [7, 11) is 0. The molecule has 3 rings (SSSR count). The van der Waals surface area contributed by atoms with Crippen LogP contribution in [0.15, 0.2) is 36.8 Å². The first-order valence-corrected chi connectivity index (χ1v) is 8.44. The van der Waals surface area contributed by atoms with Gasteiger partial charge in [0.15, 0.2) is 0 Å². The lowest BCUT2D eigenvalue weighted by Gasteiger charge is -2.34. The van der Waals surface area contributed by atoms with Gasteiger partial charge in [-0.15, -0.1) is 0 Å². The number of amides is 2. The summed E-state index contributed by atoms with van der Waals surface area (Å²) in [5, 5.41) is 0. The van der Waals surface area contributed by atoms with Gasteiger partial charge < -0.3 is 9.80 Å². The van der Waals surface area contributed by atoms with Gasteiger partial charge in [0.05, 0.1) is 12.6 Å². The molecule has 2 amide bonds. The molecule has 1 saturated heterocycles. The second kappa shape index (κ2) is 7.42. The predicted molar refractivity (Wildman–Crippen MR) is 94.1 cm³/mol. The van der Waals surface area contributed by atoms with Crippen molar-refractivity contribution in [3.63, 3.8) is 0 Å². The van der Waals surface area contributed by atoms with Crippen LogP contribution in [-0.2, 0) is 11.2 Å². The van der Waals surface area contributed by atoms with Crippen molar-refractivity contribution in [2.75, 3.05) is 26.2 Å². The highest BCUT2D eigenvalue weighted by Gasteiger charge is 2.25. The minimum absolute atomic E-state index is 0.110. The molecule has 130 valence electrons. The molecule has 0 spiro atoms. The SMILES string of the molecule is Cc1ccc(CC(=O)N2CCN(C(=O)c3cnccn3)CC2)c(C)c1. The molecule has 1 aliphatic rings. The molecule has 0 saturated carbocycles. The molecule has 2 aromatic rings. The third-order valence-electron chi connectivity index (χ3n) is 4.54. The van der Waals surface area contributed by atoms with Crippen molar-refractivity contribution in [2.24, 2.45) is 0 Å². The molecule has 1 aliphatic heterocycles. The number of carbonyl (C=O) groups excluding carboxylic acids is 2. The molecule has 1 fully saturated rings. The van der Waals surface area contributed by atoms with E-state index in [0.29, 0.717) is 38.3 Å². The van der Waals surface area contributed by atoms with E-state index < -0.39 is 0 Å². The number of piperazine rings is 1. The van der Waals surface area contributed by atoms with Crippen molar-refractivity contribution in [3.05, 3.63) is 59.2 Å². The number of aromatic nitrogens is 2. The Morgan fingerprint density at radius 2 is 1.76 bits per heavy atom. The van der Waals surface area contributed by atoms with Crippen molar-refractivity contribution in [1.29, 1.82) is 0 Å². The highest BCUT2D eigenvalue weighted by Crippen LogP contribution is 2.14. The van der Waals surface area contributed by atoms with Crippen LogP contribution in [-0.4, -0.2) is 57.8 Å². The summed E-state index contributed by atoms with van der Waals surface area (Å²) in [5.41, 5.74) is 3.75. The van der Waals surface area contributed by atoms with Gasteiger partial charge in [-0.05, 0) is 25.0 Å². The minimum atomic E-state index is -0.130. The van der Waals surface area contributed by atoms with E-state index in [4.69, 9.17) is 0 Å². The summed E-state index contributed by atoms with van der Waals surface area (Å²) < 4.78 is 0. The van der Waals surface area contributed by atoms with Crippen LogP contribution in [0.4, 0.5) is 0 Å². The van der Waals surface area contributed by atoms with Gasteiger partial charge in [-0.3, -0.25) is 14.6 Å². The number of carbonyl (C=O) groups is 2. The highest BCUT2D eigenvalue weighted by molar-refractivity contribution is 5.92. The van der Waals surface area contributed by atoms with Crippen molar-refractivity contribution in [3.8, 4) is 0 Å². The summed E-state index contributed by atoms with van der Waals surface area (Å²) >= 11 is 0. The van der Waals surface area contributed by atoms with Gasteiger partial charge in [0, 0.05) is 38.6 Å². The van der Waals surface area contributed by atoms with Crippen LogP contribution in [0.2, 0.25) is 0 Å². The zero-order valence-corrected chi connectivity index (χ0v) is 14.6. The van der Waals surface area contributed by atoms with Gasteiger partial charge in [-0.25, -0.2) is 4.98 Å². The molecular formula is C19H22N4O2. The van der Waals surface area contributed by atoms with Crippen LogP contribution in [0.1, 0.15) is 27.2 Å². The van der Waals surface area contributed by atoms with E-state index in [1.165, 1.54) is 18.0 Å². The molecule has 1 aromatic heterocycles. The highest BCUT2D eigenvalue weighted by atomic mass is 16.2. The summed E-state index contributed by atoms with van der Waals surface area (Å²) in [4.78, 5) is 36.5. The molecule has 0 N–H and O–H groups in total. The van der Waals surface area contributed by atoms with Crippen LogP contribution >= 0.6 is 0 Å². The van der Waals surface area contributed by atoms with Crippen LogP contribution in [0, 0.1) is 13.8 Å². The molecule has 25 heavy (non-hydrogen) atoms. The molecule has 2 heterocycles. The average Bonchev–Trinajstić information content (AvgIpc) is 2.64. The molecule has 6 nitrogen and oxygen atoms in total. The summed E-state index contributed by atoms with van der Waals surface area (Å²) in [6, 6.07) is 6.16. The Balaban J connectivity index is 1.56. The lowest BCUT2D eigenvalue weighted by Crippen LogP contribution is -2.51. The fraction of sp³-hybridized carbons (Fsp3) is 0.368. The second-order valence-electron chi connectivity index (χ2n) is 6.37.